The highest BCUT2D eigenvalue weighted by Crippen LogP contribution is 2.24. The predicted molar refractivity (Wildman–Crippen MR) is 45.3 cm³/mol. The second kappa shape index (κ2) is 4.70. The predicted octanol–water partition coefficient (Wildman–Crippen LogP) is -2.71. The molecule has 0 radical (unpaired) electrons. The summed E-state index contributed by atoms with van der Waals surface area (Å²) in [5, 5.41) is 26.9. The van der Waals surface area contributed by atoms with Gasteiger partial charge in [0.25, 0.3) is 0 Å². The minimum Gasteiger partial charge on any atom is -0.394 e. The fourth-order valence-electron chi connectivity index (χ4n) is 1.37. The Bertz CT molecular complexity index is 298. The van der Waals surface area contributed by atoms with E-state index in [4.69, 9.17) is 19.5 Å². The summed E-state index contributed by atoms with van der Waals surface area (Å²) in [6.07, 6.45) is -5.02. The van der Waals surface area contributed by atoms with Crippen LogP contribution in [0.1, 0.15) is 0 Å². The van der Waals surface area contributed by atoms with Gasteiger partial charge in [-0.1, -0.05) is 0 Å². The number of hydrogen-bond acceptors (Lipinski definition) is 7. The summed E-state index contributed by atoms with van der Waals surface area (Å²) in [7, 11) is -4.75. The average molecular weight is 244 g/mol. The monoisotopic (exact) mass is 244 g/mol. The molecule has 0 spiro atoms. The molecule has 0 aromatic rings. The molecule has 0 aromatic carbocycles. The van der Waals surface area contributed by atoms with Crippen molar-refractivity contribution in [2.75, 3.05) is 13.2 Å². The zero-order chi connectivity index (χ0) is 11.6. The summed E-state index contributed by atoms with van der Waals surface area (Å²) < 4.78 is 38.2. The van der Waals surface area contributed by atoms with Gasteiger partial charge < -0.3 is 20.1 Å². The van der Waals surface area contributed by atoms with Crippen LogP contribution in [0.2, 0.25) is 0 Å². The highest BCUT2D eigenvalue weighted by molar-refractivity contribution is 7.80. The van der Waals surface area contributed by atoms with Crippen LogP contribution in [0.4, 0.5) is 0 Å². The Morgan fingerprint density at radius 1 is 1.20 bits per heavy atom. The number of aliphatic hydroxyl groups excluding tert-OH is 3. The SMILES string of the molecule is O=S(=O)(O)O[C@H]1[C@H](O)[C@@H](CO)O[C@@H]1CO. The molecule has 1 fully saturated rings. The van der Waals surface area contributed by atoms with Crippen LogP contribution in [-0.4, -0.2) is 65.9 Å². The van der Waals surface area contributed by atoms with Crippen LogP contribution in [0.15, 0.2) is 0 Å². The summed E-state index contributed by atoms with van der Waals surface area (Å²) >= 11 is 0. The molecule has 1 aliphatic heterocycles. The number of aliphatic hydroxyl groups is 3. The smallest absolute Gasteiger partial charge is 0.394 e. The van der Waals surface area contributed by atoms with Crippen LogP contribution in [0.3, 0.4) is 0 Å². The Morgan fingerprint density at radius 3 is 2.13 bits per heavy atom. The molecule has 1 heterocycles. The van der Waals surface area contributed by atoms with Crippen molar-refractivity contribution in [3.63, 3.8) is 0 Å². The lowest BCUT2D eigenvalue weighted by atomic mass is 10.1. The fraction of sp³-hybridized carbons (Fsp3) is 1.00. The van der Waals surface area contributed by atoms with E-state index in [1.807, 2.05) is 0 Å². The van der Waals surface area contributed by atoms with Gasteiger partial charge in [-0.2, -0.15) is 8.42 Å². The molecular formula is C6H12O8S. The lowest BCUT2D eigenvalue weighted by Gasteiger charge is -2.16. The van der Waals surface area contributed by atoms with Crippen LogP contribution < -0.4 is 0 Å². The molecule has 90 valence electrons. The second-order valence-corrected chi connectivity index (χ2v) is 4.11. The molecule has 4 atom stereocenters. The molecule has 15 heavy (non-hydrogen) atoms. The molecule has 1 rings (SSSR count). The van der Waals surface area contributed by atoms with E-state index in [0.717, 1.165) is 0 Å². The van der Waals surface area contributed by atoms with Gasteiger partial charge in [-0.3, -0.25) is 4.55 Å². The molecule has 0 aliphatic carbocycles. The average Bonchev–Trinajstić information content (AvgIpc) is 2.42. The zero-order valence-electron chi connectivity index (χ0n) is 7.55. The van der Waals surface area contributed by atoms with E-state index >= 15 is 0 Å². The number of rotatable bonds is 4. The van der Waals surface area contributed by atoms with Gasteiger partial charge in [-0.25, -0.2) is 4.18 Å². The molecule has 1 saturated heterocycles. The Labute approximate surface area is 86.0 Å². The fourth-order valence-corrected chi connectivity index (χ4v) is 1.89. The topological polar surface area (TPSA) is 134 Å². The van der Waals surface area contributed by atoms with E-state index in [1.165, 1.54) is 0 Å². The summed E-state index contributed by atoms with van der Waals surface area (Å²) in [5.74, 6) is 0. The molecular weight excluding hydrogens is 232 g/mol. The van der Waals surface area contributed by atoms with E-state index < -0.39 is 48.0 Å². The van der Waals surface area contributed by atoms with E-state index in [9.17, 15) is 13.5 Å². The van der Waals surface area contributed by atoms with Crippen molar-refractivity contribution in [3.8, 4) is 0 Å². The van der Waals surface area contributed by atoms with Crippen LogP contribution in [0, 0.1) is 0 Å². The van der Waals surface area contributed by atoms with Gasteiger partial charge in [0.1, 0.15) is 24.4 Å². The summed E-state index contributed by atoms with van der Waals surface area (Å²) in [6.45, 7) is -1.16. The Morgan fingerprint density at radius 2 is 1.73 bits per heavy atom. The van der Waals surface area contributed by atoms with E-state index in [2.05, 4.69) is 4.18 Å². The van der Waals surface area contributed by atoms with Crippen molar-refractivity contribution in [3.05, 3.63) is 0 Å². The van der Waals surface area contributed by atoms with Gasteiger partial charge in [0.15, 0.2) is 0 Å². The molecule has 4 N–H and O–H groups in total. The van der Waals surface area contributed by atoms with E-state index in [1.54, 1.807) is 0 Å². The Hall–Kier alpha value is -0.290. The van der Waals surface area contributed by atoms with Gasteiger partial charge in [-0.05, 0) is 0 Å². The summed E-state index contributed by atoms with van der Waals surface area (Å²) in [4.78, 5) is 0. The zero-order valence-corrected chi connectivity index (χ0v) is 8.37. The van der Waals surface area contributed by atoms with Crippen LogP contribution >= 0.6 is 0 Å². The third kappa shape index (κ3) is 3.08. The third-order valence-electron chi connectivity index (χ3n) is 2.03. The Balaban J connectivity index is 2.76. The molecule has 0 bridgehead atoms. The molecule has 0 unspecified atom stereocenters. The lowest BCUT2D eigenvalue weighted by Crippen LogP contribution is -2.38. The van der Waals surface area contributed by atoms with Gasteiger partial charge in [-0.15, -0.1) is 0 Å². The lowest BCUT2D eigenvalue weighted by molar-refractivity contribution is -0.0383. The first-order valence-electron chi connectivity index (χ1n) is 4.10. The number of hydrogen-bond donors (Lipinski definition) is 4. The van der Waals surface area contributed by atoms with E-state index in [0.29, 0.717) is 0 Å². The van der Waals surface area contributed by atoms with Crippen LogP contribution in [0.25, 0.3) is 0 Å². The first-order valence-corrected chi connectivity index (χ1v) is 5.46. The summed E-state index contributed by atoms with van der Waals surface area (Å²) in [5.41, 5.74) is 0. The molecule has 0 saturated carbocycles. The molecule has 9 heteroatoms. The van der Waals surface area contributed by atoms with E-state index in [-0.39, 0.29) is 0 Å². The van der Waals surface area contributed by atoms with Crippen molar-refractivity contribution in [2.45, 2.75) is 24.4 Å². The van der Waals surface area contributed by atoms with Gasteiger partial charge in [0, 0.05) is 0 Å². The maximum atomic E-state index is 10.4. The molecule has 0 aromatic heterocycles. The highest BCUT2D eigenvalue weighted by Gasteiger charge is 2.46. The van der Waals surface area contributed by atoms with Crippen molar-refractivity contribution in [1.29, 1.82) is 0 Å². The maximum Gasteiger partial charge on any atom is 0.397 e. The van der Waals surface area contributed by atoms with Crippen LogP contribution in [0.5, 0.6) is 0 Å². The third-order valence-corrected chi connectivity index (χ3v) is 2.49. The maximum absolute atomic E-state index is 10.4. The van der Waals surface area contributed by atoms with Crippen molar-refractivity contribution < 1.29 is 37.2 Å². The largest absolute Gasteiger partial charge is 0.397 e. The van der Waals surface area contributed by atoms with Gasteiger partial charge >= 0.3 is 10.4 Å². The van der Waals surface area contributed by atoms with Crippen molar-refractivity contribution >= 4 is 10.4 Å². The second-order valence-electron chi connectivity index (χ2n) is 3.06. The van der Waals surface area contributed by atoms with Gasteiger partial charge in [0.05, 0.1) is 13.2 Å². The van der Waals surface area contributed by atoms with Crippen LogP contribution in [-0.2, 0) is 19.3 Å². The number of ether oxygens (including phenoxy) is 1. The first-order chi connectivity index (χ1) is 6.89. The normalized spacial score (nSPS) is 37.1. The quantitative estimate of drug-likeness (QED) is 0.392. The first kappa shape index (κ1) is 12.8. The van der Waals surface area contributed by atoms with Crippen molar-refractivity contribution in [2.24, 2.45) is 0 Å². The minimum atomic E-state index is -4.75. The summed E-state index contributed by atoms with van der Waals surface area (Å²) in [6, 6.07) is 0. The standard InChI is InChI=1S/C6H12O8S/c7-1-3-5(9)6(4(2-8)13-3)14-15(10,11)12/h3-9H,1-2H2,(H,10,11,12)/t3-,4-,5-,6-/m1/s1. The van der Waals surface area contributed by atoms with Crippen molar-refractivity contribution in [1.82, 2.24) is 0 Å². The molecule has 1 aliphatic rings. The van der Waals surface area contributed by atoms with Gasteiger partial charge in [0.2, 0.25) is 0 Å². The molecule has 0 amide bonds. The highest BCUT2D eigenvalue weighted by atomic mass is 32.3. The molecule has 8 nitrogen and oxygen atoms in total. The Kier molecular flexibility index (Phi) is 4.00. The minimum absolute atomic E-state index is 0.553.